The quantitative estimate of drug-likeness (QED) is 0.747. The van der Waals surface area contributed by atoms with E-state index in [4.69, 9.17) is 28.9 Å². The molecule has 0 radical (unpaired) electrons. The van der Waals surface area contributed by atoms with Gasteiger partial charge in [-0.15, -0.1) is 0 Å². The molecule has 0 heterocycles. The Morgan fingerprint density at radius 1 is 1.25 bits per heavy atom. The zero-order valence-corrected chi connectivity index (χ0v) is 13.0. The number of benzene rings is 1. The van der Waals surface area contributed by atoms with Crippen molar-refractivity contribution in [3.63, 3.8) is 0 Å². The summed E-state index contributed by atoms with van der Waals surface area (Å²) in [5, 5.41) is 5.61. The molecule has 0 bridgehead atoms. The predicted octanol–water partition coefficient (Wildman–Crippen LogP) is 2.22. The number of nitrogens with two attached hydrogens (primary N) is 1. The summed E-state index contributed by atoms with van der Waals surface area (Å²) < 4.78 is 0. The van der Waals surface area contributed by atoms with Crippen molar-refractivity contribution in [1.82, 2.24) is 10.6 Å². The lowest BCUT2D eigenvalue weighted by Crippen LogP contribution is -2.45. The van der Waals surface area contributed by atoms with Crippen LogP contribution in [0.1, 0.15) is 31.1 Å². The van der Waals surface area contributed by atoms with Crippen LogP contribution in [0.3, 0.4) is 0 Å². The molecule has 1 aromatic carbocycles. The van der Waals surface area contributed by atoms with Gasteiger partial charge in [-0.25, -0.2) is 0 Å². The van der Waals surface area contributed by atoms with Crippen LogP contribution in [0.25, 0.3) is 0 Å². The van der Waals surface area contributed by atoms with Crippen molar-refractivity contribution < 1.29 is 9.59 Å². The minimum atomic E-state index is -0.445. The molecule has 0 saturated carbocycles. The lowest BCUT2D eigenvalue weighted by atomic mass is 10.1. The number of nitrogens with one attached hydrogen (secondary N) is 2. The van der Waals surface area contributed by atoms with Gasteiger partial charge in [0.1, 0.15) is 0 Å². The smallest absolute Gasteiger partial charge is 0.251 e. The van der Waals surface area contributed by atoms with E-state index in [1.165, 1.54) is 12.1 Å². The van der Waals surface area contributed by atoms with Crippen molar-refractivity contribution in [2.45, 2.75) is 26.3 Å². The molecule has 0 saturated heterocycles. The second kappa shape index (κ2) is 6.33. The van der Waals surface area contributed by atoms with Crippen LogP contribution < -0.4 is 16.4 Å². The van der Waals surface area contributed by atoms with Gasteiger partial charge in [0, 0.05) is 11.1 Å². The number of amides is 2. The van der Waals surface area contributed by atoms with Crippen LogP contribution in [0.5, 0.6) is 0 Å². The average Bonchev–Trinajstić information content (AvgIpc) is 2.30. The predicted molar refractivity (Wildman–Crippen MR) is 81.1 cm³/mol. The molecule has 0 aliphatic carbocycles. The van der Waals surface area contributed by atoms with Gasteiger partial charge in [0.15, 0.2) is 0 Å². The van der Waals surface area contributed by atoms with Gasteiger partial charge in [0.2, 0.25) is 5.91 Å². The largest absolute Gasteiger partial charge is 0.397 e. The van der Waals surface area contributed by atoms with Crippen molar-refractivity contribution in [2.24, 2.45) is 0 Å². The molecule has 7 heteroatoms. The normalized spacial score (nSPS) is 11.1. The molecule has 0 aliphatic rings. The Balaban J connectivity index is 2.66. The van der Waals surface area contributed by atoms with E-state index in [0.29, 0.717) is 0 Å². The summed E-state index contributed by atoms with van der Waals surface area (Å²) in [4.78, 5) is 23.5. The zero-order chi connectivity index (χ0) is 15.5. The van der Waals surface area contributed by atoms with E-state index < -0.39 is 5.91 Å². The molecule has 0 spiro atoms. The first kappa shape index (κ1) is 16.6. The zero-order valence-electron chi connectivity index (χ0n) is 11.5. The molecule has 0 unspecified atom stereocenters. The molecule has 1 aromatic rings. The minimum absolute atomic E-state index is 0.129. The highest BCUT2D eigenvalue weighted by Crippen LogP contribution is 2.29. The molecule has 2 amide bonds. The number of hydrogen-bond acceptors (Lipinski definition) is 3. The molecule has 1 rings (SSSR count). The van der Waals surface area contributed by atoms with Crippen molar-refractivity contribution >= 4 is 40.7 Å². The fourth-order valence-corrected chi connectivity index (χ4v) is 1.80. The highest BCUT2D eigenvalue weighted by molar-refractivity contribution is 6.43. The van der Waals surface area contributed by atoms with E-state index in [1.54, 1.807) is 0 Å². The third-order valence-electron chi connectivity index (χ3n) is 2.24. The maximum Gasteiger partial charge on any atom is 0.251 e. The molecule has 0 fully saturated rings. The molecule has 110 valence electrons. The number of nitrogen functional groups attached to an aromatic ring is 1. The third kappa shape index (κ3) is 4.90. The van der Waals surface area contributed by atoms with Crippen molar-refractivity contribution in [1.29, 1.82) is 0 Å². The monoisotopic (exact) mass is 317 g/mol. The molecular formula is C13H17Cl2N3O2. The van der Waals surface area contributed by atoms with E-state index in [1.807, 2.05) is 20.8 Å². The molecule has 20 heavy (non-hydrogen) atoms. The molecule has 0 aromatic heterocycles. The third-order valence-corrected chi connectivity index (χ3v) is 3.06. The standard InChI is InChI=1S/C13H17Cl2N3O2/c1-13(2,3)18-10(19)6-17-12(20)7-4-8(14)11(15)9(16)5-7/h4-5H,6,16H2,1-3H3,(H,17,20)(H,18,19). The Morgan fingerprint density at radius 3 is 2.35 bits per heavy atom. The summed E-state index contributed by atoms with van der Waals surface area (Å²) in [6.07, 6.45) is 0. The van der Waals surface area contributed by atoms with Crippen LogP contribution in [-0.2, 0) is 4.79 Å². The van der Waals surface area contributed by atoms with Crippen LogP contribution in [0.2, 0.25) is 10.0 Å². The van der Waals surface area contributed by atoms with Crippen LogP contribution in [0, 0.1) is 0 Å². The summed E-state index contributed by atoms with van der Waals surface area (Å²) in [5.41, 5.74) is 5.73. The Hall–Kier alpha value is -1.46. The lowest BCUT2D eigenvalue weighted by molar-refractivity contribution is -0.121. The second-order valence-electron chi connectivity index (χ2n) is 5.34. The van der Waals surface area contributed by atoms with Crippen LogP contribution in [0.15, 0.2) is 12.1 Å². The van der Waals surface area contributed by atoms with Crippen LogP contribution in [-0.4, -0.2) is 23.9 Å². The summed E-state index contributed by atoms with van der Waals surface area (Å²) in [7, 11) is 0. The van der Waals surface area contributed by atoms with Gasteiger partial charge < -0.3 is 16.4 Å². The number of carbonyl (C=O) groups excluding carboxylic acids is 2. The number of carbonyl (C=O) groups is 2. The van der Waals surface area contributed by atoms with Gasteiger partial charge in [-0.3, -0.25) is 9.59 Å². The average molecular weight is 318 g/mol. The number of halogens is 2. The Morgan fingerprint density at radius 2 is 1.85 bits per heavy atom. The van der Waals surface area contributed by atoms with E-state index in [9.17, 15) is 9.59 Å². The lowest BCUT2D eigenvalue weighted by Gasteiger charge is -2.20. The van der Waals surface area contributed by atoms with Gasteiger partial charge in [-0.1, -0.05) is 23.2 Å². The Labute approximate surface area is 127 Å². The first-order chi connectivity index (χ1) is 9.10. The highest BCUT2D eigenvalue weighted by atomic mass is 35.5. The first-order valence-electron chi connectivity index (χ1n) is 5.94. The van der Waals surface area contributed by atoms with Gasteiger partial charge >= 0.3 is 0 Å². The van der Waals surface area contributed by atoms with Crippen LogP contribution in [0.4, 0.5) is 5.69 Å². The second-order valence-corrected chi connectivity index (χ2v) is 6.13. The van der Waals surface area contributed by atoms with Crippen molar-refractivity contribution in [3.8, 4) is 0 Å². The van der Waals surface area contributed by atoms with E-state index in [2.05, 4.69) is 10.6 Å². The SMILES string of the molecule is CC(C)(C)NC(=O)CNC(=O)c1cc(N)c(Cl)c(Cl)c1. The van der Waals surface area contributed by atoms with E-state index in [-0.39, 0.29) is 39.3 Å². The summed E-state index contributed by atoms with van der Waals surface area (Å²) in [6.45, 7) is 5.43. The molecular weight excluding hydrogens is 301 g/mol. The molecule has 0 atom stereocenters. The van der Waals surface area contributed by atoms with E-state index in [0.717, 1.165) is 0 Å². The van der Waals surface area contributed by atoms with E-state index >= 15 is 0 Å². The Bertz CT molecular complexity index is 516. The van der Waals surface area contributed by atoms with Gasteiger partial charge in [0.05, 0.1) is 22.3 Å². The number of rotatable bonds is 3. The van der Waals surface area contributed by atoms with Gasteiger partial charge in [0.25, 0.3) is 5.91 Å². The first-order valence-corrected chi connectivity index (χ1v) is 6.69. The number of hydrogen-bond donors (Lipinski definition) is 3. The van der Waals surface area contributed by atoms with Crippen molar-refractivity contribution in [3.05, 3.63) is 27.7 Å². The van der Waals surface area contributed by atoms with Crippen LogP contribution >= 0.6 is 23.2 Å². The summed E-state index contributed by atoms with van der Waals surface area (Å²) in [6, 6.07) is 2.81. The van der Waals surface area contributed by atoms with Gasteiger partial charge in [-0.2, -0.15) is 0 Å². The molecule has 5 nitrogen and oxygen atoms in total. The molecule has 4 N–H and O–H groups in total. The summed E-state index contributed by atoms with van der Waals surface area (Å²) >= 11 is 11.6. The minimum Gasteiger partial charge on any atom is -0.397 e. The highest BCUT2D eigenvalue weighted by Gasteiger charge is 2.15. The Kier molecular flexibility index (Phi) is 5.25. The summed E-state index contributed by atoms with van der Waals surface area (Å²) in [5.74, 6) is -0.724. The van der Waals surface area contributed by atoms with Crippen molar-refractivity contribution in [2.75, 3.05) is 12.3 Å². The topological polar surface area (TPSA) is 84.2 Å². The maximum absolute atomic E-state index is 11.9. The van der Waals surface area contributed by atoms with Gasteiger partial charge in [-0.05, 0) is 32.9 Å². The fourth-order valence-electron chi connectivity index (χ4n) is 1.47. The molecule has 0 aliphatic heterocycles. The maximum atomic E-state index is 11.9. The number of anilines is 1. The fraction of sp³-hybridized carbons (Fsp3) is 0.385.